The van der Waals surface area contributed by atoms with Crippen molar-refractivity contribution in [1.82, 2.24) is 20.2 Å². The van der Waals surface area contributed by atoms with E-state index in [2.05, 4.69) is 34.0 Å². The van der Waals surface area contributed by atoms with Crippen LogP contribution in [-0.2, 0) is 11.2 Å². The molecule has 1 fully saturated rings. The van der Waals surface area contributed by atoms with Gasteiger partial charge in [0.2, 0.25) is 5.91 Å². The van der Waals surface area contributed by atoms with E-state index in [1.165, 1.54) is 0 Å². The van der Waals surface area contributed by atoms with Crippen LogP contribution in [0.2, 0.25) is 0 Å². The summed E-state index contributed by atoms with van der Waals surface area (Å²) in [6, 6.07) is 0.668. The van der Waals surface area contributed by atoms with Crippen molar-refractivity contribution < 1.29 is 4.79 Å². The van der Waals surface area contributed by atoms with E-state index in [1.807, 2.05) is 6.92 Å². The smallest absolute Gasteiger partial charge is 0.223 e. The van der Waals surface area contributed by atoms with E-state index in [-0.39, 0.29) is 17.9 Å². The van der Waals surface area contributed by atoms with Gasteiger partial charge in [-0.25, -0.2) is 0 Å². The Bertz CT molecular complexity index is 441. The Labute approximate surface area is 127 Å². The number of carbonyl (C=O) groups is 1. The molecule has 1 saturated heterocycles. The zero-order valence-electron chi connectivity index (χ0n) is 13.2. The Balaban J connectivity index is 1.77. The number of nitrogens with one attached hydrogen (secondary N) is 1. The Kier molecular flexibility index (Phi) is 5.67. The lowest BCUT2D eigenvalue weighted by atomic mass is 9.94. The van der Waals surface area contributed by atoms with E-state index in [1.54, 1.807) is 18.6 Å². The maximum atomic E-state index is 12.3. The van der Waals surface area contributed by atoms with Crippen molar-refractivity contribution in [2.24, 2.45) is 5.92 Å². The van der Waals surface area contributed by atoms with Gasteiger partial charge in [-0.3, -0.25) is 14.8 Å². The SMILES string of the molecule is CC(Cc1cnccn1)NC(=O)C1CCN(C(C)C)CC1. The number of amides is 1. The lowest BCUT2D eigenvalue weighted by molar-refractivity contribution is -0.127. The molecule has 2 rings (SSSR count). The molecule has 0 saturated carbocycles. The van der Waals surface area contributed by atoms with Gasteiger partial charge < -0.3 is 10.2 Å². The first-order valence-corrected chi connectivity index (χ1v) is 7.85. The molecule has 0 aliphatic carbocycles. The number of carbonyl (C=O) groups excluding carboxylic acids is 1. The molecular weight excluding hydrogens is 264 g/mol. The monoisotopic (exact) mass is 290 g/mol. The van der Waals surface area contributed by atoms with Gasteiger partial charge in [-0.2, -0.15) is 0 Å². The van der Waals surface area contributed by atoms with Crippen LogP contribution in [0.1, 0.15) is 39.3 Å². The van der Waals surface area contributed by atoms with Crippen molar-refractivity contribution in [3.63, 3.8) is 0 Å². The average molecular weight is 290 g/mol. The molecule has 1 aliphatic rings. The second kappa shape index (κ2) is 7.50. The standard InChI is InChI=1S/C16H26N4O/c1-12(2)20-8-4-14(5-9-20)16(21)19-13(3)10-15-11-17-6-7-18-15/h6-7,11-14H,4-5,8-10H2,1-3H3,(H,19,21). The Morgan fingerprint density at radius 2 is 2.05 bits per heavy atom. The van der Waals surface area contributed by atoms with Crippen LogP contribution in [0.4, 0.5) is 0 Å². The first kappa shape index (κ1) is 15.9. The van der Waals surface area contributed by atoms with E-state index in [0.29, 0.717) is 6.04 Å². The summed E-state index contributed by atoms with van der Waals surface area (Å²) in [4.78, 5) is 23.0. The Morgan fingerprint density at radius 1 is 1.33 bits per heavy atom. The highest BCUT2D eigenvalue weighted by atomic mass is 16.1. The quantitative estimate of drug-likeness (QED) is 0.896. The van der Waals surface area contributed by atoms with Gasteiger partial charge in [0.15, 0.2) is 0 Å². The molecule has 0 aromatic carbocycles. The predicted octanol–water partition coefficient (Wildman–Crippen LogP) is 1.64. The molecule has 0 radical (unpaired) electrons. The molecule has 1 N–H and O–H groups in total. The van der Waals surface area contributed by atoms with Gasteiger partial charge >= 0.3 is 0 Å². The number of aromatic nitrogens is 2. The van der Waals surface area contributed by atoms with E-state index in [9.17, 15) is 4.79 Å². The van der Waals surface area contributed by atoms with E-state index >= 15 is 0 Å². The molecule has 5 nitrogen and oxygen atoms in total. The Morgan fingerprint density at radius 3 is 2.62 bits per heavy atom. The first-order valence-electron chi connectivity index (χ1n) is 7.85. The van der Waals surface area contributed by atoms with Gasteiger partial charge in [0.25, 0.3) is 0 Å². The summed E-state index contributed by atoms with van der Waals surface area (Å²) in [6.07, 6.45) is 7.75. The van der Waals surface area contributed by atoms with E-state index in [4.69, 9.17) is 0 Å². The Hall–Kier alpha value is -1.49. The lowest BCUT2D eigenvalue weighted by Crippen LogP contribution is -2.45. The molecule has 5 heteroatoms. The van der Waals surface area contributed by atoms with Crippen LogP contribution in [0, 0.1) is 5.92 Å². The minimum absolute atomic E-state index is 0.0947. The minimum atomic E-state index is 0.0947. The maximum absolute atomic E-state index is 12.3. The summed E-state index contributed by atoms with van der Waals surface area (Å²) in [5.41, 5.74) is 0.917. The van der Waals surface area contributed by atoms with Crippen LogP contribution >= 0.6 is 0 Å². The zero-order chi connectivity index (χ0) is 15.2. The number of nitrogens with zero attached hydrogens (tertiary/aromatic N) is 3. The van der Waals surface area contributed by atoms with Crippen LogP contribution in [0.5, 0.6) is 0 Å². The van der Waals surface area contributed by atoms with Gasteiger partial charge in [0.05, 0.1) is 5.69 Å². The molecule has 21 heavy (non-hydrogen) atoms. The number of hydrogen-bond donors (Lipinski definition) is 1. The molecule has 116 valence electrons. The second-order valence-electron chi connectivity index (χ2n) is 6.21. The summed E-state index contributed by atoms with van der Waals surface area (Å²) in [5, 5.41) is 3.12. The molecule has 1 aliphatic heterocycles. The van der Waals surface area contributed by atoms with Crippen molar-refractivity contribution in [2.75, 3.05) is 13.1 Å². The van der Waals surface area contributed by atoms with Gasteiger partial charge in [-0.15, -0.1) is 0 Å². The van der Waals surface area contributed by atoms with E-state index in [0.717, 1.165) is 38.0 Å². The molecule has 1 atom stereocenters. The summed E-state index contributed by atoms with van der Waals surface area (Å²) in [6.45, 7) is 8.49. The normalized spacial score (nSPS) is 18.7. The topological polar surface area (TPSA) is 58.1 Å². The van der Waals surface area contributed by atoms with Crippen LogP contribution in [0.25, 0.3) is 0 Å². The number of hydrogen-bond acceptors (Lipinski definition) is 4. The summed E-state index contributed by atoms with van der Waals surface area (Å²) in [5.74, 6) is 0.346. The number of likely N-dealkylation sites (tertiary alicyclic amines) is 1. The van der Waals surface area contributed by atoms with Crippen LogP contribution < -0.4 is 5.32 Å². The third-order valence-electron chi connectivity index (χ3n) is 4.15. The van der Waals surface area contributed by atoms with Crippen LogP contribution in [-0.4, -0.2) is 45.9 Å². The molecular formula is C16H26N4O. The predicted molar refractivity (Wildman–Crippen MR) is 82.8 cm³/mol. The number of piperidine rings is 1. The van der Waals surface area contributed by atoms with E-state index < -0.39 is 0 Å². The van der Waals surface area contributed by atoms with Gasteiger partial charge in [-0.05, 0) is 46.7 Å². The zero-order valence-corrected chi connectivity index (χ0v) is 13.2. The summed E-state index contributed by atoms with van der Waals surface area (Å²) < 4.78 is 0. The molecule has 1 aromatic heterocycles. The third-order valence-corrected chi connectivity index (χ3v) is 4.15. The van der Waals surface area contributed by atoms with Gasteiger partial charge in [0.1, 0.15) is 0 Å². The average Bonchev–Trinajstić information content (AvgIpc) is 2.48. The van der Waals surface area contributed by atoms with Crippen molar-refractivity contribution in [3.05, 3.63) is 24.3 Å². The number of rotatable bonds is 5. The molecule has 0 bridgehead atoms. The van der Waals surface area contributed by atoms with Crippen molar-refractivity contribution in [1.29, 1.82) is 0 Å². The van der Waals surface area contributed by atoms with Gasteiger partial charge in [-0.1, -0.05) is 0 Å². The highest BCUT2D eigenvalue weighted by Gasteiger charge is 2.26. The van der Waals surface area contributed by atoms with Gasteiger partial charge in [0, 0.05) is 43.0 Å². The molecule has 1 unspecified atom stereocenters. The fraction of sp³-hybridized carbons (Fsp3) is 0.688. The maximum Gasteiger partial charge on any atom is 0.223 e. The molecule has 0 spiro atoms. The molecule has 2 heterocycles. The van der Waals surface area contributed by atoms with Crippen molar-refractivity contribution in [3.8, 4) is 0 Å². The summed E-state index contributed by atoms with van der Waals surface area (Å²) >= 11 is 0. The van der Waals surface area contributed by atoms with Crippen LogP contribution in [0.15, 0.2) is 18.6 Å². The largest absolute Gasteiger partial charge is 0.353 e. The van der Waals surface area contributed by atoms with Crippen LogP contribution in [0.3, 0.4) is 0 Å². The first-order chi connectivity index (χ1) is 10.1. The molecule has 1 amide bonds. The lowest BCUT2D eigenvalue weighted by Gasteiger charge is -2.34. The van der Waals surface area contributed by atoms with Crippen molar-refractivity contribution in [2.45, 2.75) is 52.1 Å². The fourth-order valence-corrected chi connectivity index (χ4v) is 2.84. The second-order valence-corrected chi connectivity index (χ2v) is 6.21. The highest BCUT2D eigenvalue weighted by Crippen LogP contribution is 2.19. The summed E-state index contributed by atoms with van der Waals surface area (Å²) in [7, 11) is 0. The highest BCUT2D eigenvalue weighted by molar-refractivity contribution is 5.79. The fourth-order valence-electron chi connectivity index (χ4n) is 2.84. The minimum Gasteiger partial charge on any atom is -0.353 e. The third kappa shape index (κ3) is 4.77. The van der Waals surface area contributed by atoms with Crippen molar-refractivity contribution >= 4 is 5.91 Å². The molecule has 1 aromatic rings.